The van der Waals surface area contributed by atoms with Crippen LogP contribution in [0, 0.1) is 5.82 Å². The molecular weight excluding hydrogens is 265 g/mol. The minimum Gasteiger partial charge on any atom is -0.369 e. The van der Waals surface area contributed by atoms with E-state index in [0.717, 1.165) is 5.56 Å². The van der Waals surface area contributed by atoms with Gasteiger partial charge in [-0.25, -0.2) is 13.6 Å². The molecule has 2 rings (SSSR count). The fourth-order valence-electron chi connectivity index (χ4n) is 1.90. The predicted molar refractivity (Wildman–Crippen MR) is 76.2 cm³/mol. The Hall–Kier alpha value is -1.69. The zero-order valence-corrected chi connectivity index (χ0v) is 11.7. The molecule has 1 heterocycles. The largest absolute Gasteiger partial charge is 0.369 e. The average molecular weight is 281 g/mol. The van der Waals surface area contributed by atoms with Crippen LogP contribution in [0.4, 0.5) is 4.39 Å². The van der Waals surface area contributed by atoms with Gasteiger partial charge in [-0.2, -0.15) is 0 Å². The summed E-state index contributed by atoms with van der Waals surface area (Å²) in [6.07, 6.45) is 3.75. The van der Waals surface area contributed by atoms with Gasteiger partial charge in [-0.3, -0.25) is 4.31 Å². The van der Waals surface area contributed by atoms with Crippen LogP contribution in [0.2, 0.25) is 0 Å². The predicted octanol–water partition coefficient (Wildman–Crippen LogP) is 1.82. The smallest absolute Gasteiger partial charge is 0.203 e. The molecule has 4 nitrogen and oxygen atoms in total. The monoisotopic (exact) mass is 281 g/mol. The van der Waals surface area contributed by atoms with Crippen LogP contribution in [-0.4, -0.2) is 27.3 Å². The van der Waals surface area contributed by atoms with Crippen molar-refractivity contribution in [2.24, 2.45) is 10.7 Å². The normalized spacial score (nSPS) is 23.7. The van der Waals surface area contributed by atoms with Crippen LogP contribution in [0.25, 0.3) is 6.08 Å². The summed E-state index contributed by atoms with van der Waals surface area (Å²) in [6.45, 7) is 1.89. The maximum atomic E-state index is 13.9. The highest BCUT2D eigenvalue weighted by Crippen LogP contribution is 2.26. The standard InChI is InChI=1S/C13H16FN3OS/c1-3-4-9-5-6-11(14)10(7-9)12-8-19(18)17(2)13(15)16-12/h3-7,12H,8H2,1-2H3,(H2,15,16)/b4-3-. The summed E-state index contributed by atoms with van der Waals surface area (Å²) in [5, 5.41) is 0. The molecular formula is C13H16FN3OS. The van der Waals surface area contributed by atoms with E-state index in [1.807, 2.05) is 19.1 Å². The highest BCUT2D eigenvalue weighted by atomic mass is 32.2. The summed E-state index contributed by atoms with van der Waals surface area (Å²) in [6, 6.07) is 4.32. The molecule has 6 heteroatoms. The molecule has 0 fully saturated rings. The Labute approximate surface area is 114 Å². The molecule has 19 heavy (non-hydrogen) atoms. The Bertz CT molecular complexity index is 571. The molecule has 0 saturated carbocycles. The van der Waals surface area contributed by atoms with Crippen molar-refractivity contribution in [1.82, 2.24) is 4.31 Å². The molecule has 0 spiro atoms. The number of halogens is 1. The zero-order valence-electron chi connectivity index (χ0n) is 10.8. The summed E-state index contributed by atoms with van der Waals surface area (Å²) in [7, 11) is 0.338. The van der Waals surface area contributed by atoms with Crippen LogP contribution in [0.3, 0.4) is 0 Å². The number of allylic oxidation sites excluding steroid dienone is 1. The van der Waals surface area contributed by atoms with Gasteiger partial charge in [0.15, 0.2) is 0 Å². The van der Waals surface area contributed by atoms with Crippen LogP contribution in [-0.2, 0) is 11.0 Å². The van der Waals surface area contributed by atoms with Gasteiger partial charge < -0.3 is 5.73 Å². The van der Waals surface area contributed by atoms with E-state index >= 15 is 0 Å². The lowest BCUT2D eigenvalue weighted by atomic mass is 10.0. The molecule has 2 N–H and O–H groups in total. The first kappa shape index (κ1) is 13.7. The van der Waals surface area contributed by atoms with E-state index < -0.39 is 17.0 Å². The van der Waals surface area contributed by atoms with E-state index in [1.165, 1.54) is 10.4 Å². The summed E-state index contributed by atoms with van der Waals surface area (Å²) in [5.74, 6) is 0.0646. The molecule has 0 amide bonds. The van der Waals surface area contributed by atoms with Gasteiger partial charge in [0.1, 0.15) is 16.8 Å². The lowest BCUT2D eigenvalue weighted by Gasteiger charge is -2.26. The molecule has 1 aliphatic heterocycles. The molecule has 1 aromatic carbocycles. The Morgan fingerprint density at radius 1 is 1.58 bits per heavy atom. The van der Waals surface area contributed by atoms with Crippen molar-refractivity contribution in [3.05, 3.63) is 41.2 Å². The fraction of sp³-hybridized carbons (Fsp3) is 0.308. The molecule has 0 aliphatic carbocycles. The van der Waals surface area contributed by atoms with Crippen molar-refractivity contribution in [3.63, 3.8) is 0 Å². The number of benzene rings is 1. The summed E-state index contributed by atoms with van der Waals surface area (Å²) in [5.41, 5.74) is 7.01. The van der Waals surface area contributed by atoms with Crippen LogP contribution in [0.5, 0.6) is 0 Å². The third-order valence-electron chi connectivity index (χ3n) is 2.95. The van der Waals surface area contributed by atoms with E-state index in [0.29, 0.717) is 5.56 Å². The second-order valence-corrected chi connectivity index (χ2v) is 5.79. The van der Waals surface area contributed by atoms with E-state index in [-0.39, 0.29) is 17.5 Å². The fourth-order valence-corrected chi connectivity index (χ4v) is 2.91. The van der Waals surface area contributed by atoms with Gasteiger partial charge in [0.25, 0.3) is 0 Å². The SMILES string of the molecule is C/C=C\c1ccc(F)c(C2CS(=O)N(C)C(N)=N2)c1. The average Bonchev–Trinajstić information content (AvgIpc) is 2.38. The third kappa shape index (κ3) is 2.84. The first-order valence-electron chi connectivity index (χ1n) is 5.90. The van der Waals surface area contributed by atoms with Gasteiger partial charge >= 0.3 is 0 Å². The van der Waals surface area contributed by atoms with Crippen molar-refractivity contribution in [2.75, 3.05) is 12.8 Å². The number of aliphatic imine (C=N–C) groups is 1. The molecule has 0 saturated heterocycles. The number of hydrogen-bond acceptors (Lipinski definition) is 3. The van der Waals surface area contributed by atoms with Gasteiger partial charge in [0.05, 0.1) is 11.8 Å². The van der Waals surface area contributed by atoms with E-state index in [1.54, 1.807) is 19.2 Å². The van der Waals surface area contributed by atoms with E-state index in [4.69, 9.17) is 5.73 Å². The number of guanidine groups is 1. The molecule has 0 bridgehead atoms. The first-order chi connectivity index (χ1) is 9.02. The second kappa shape index (κ2) is 5.52. The van der Waals surface area contributed by atoms with Gasteiger partial charge in [-0.15, -0.1) is 0 Å². The highest BCUT2D eigenvalue weighted by Gasteiger charge is 2.26. The third-order valence-corrected chi connectivity index (χ3v) is 4.35. The van der Waals surface area contributed by atoms with Crippen LogP contribution in [0.1, 0.15) is 24.1 Å². The molecule has 1 aliphatic rings. The first-order valence-corrected chi connectivity index (χ1v) is 7.18. The summed E-state index contributed by atoms with van der Waals surface area (Å²) < 4.78 is 27.1. The Morgan fingerprint density at radius 3 is 2.95 bits per heavy atom. The summed E-state index contributed by atoms with van der Waals surface area (Å²) in [4.78, 5) is 4.21. The van der Waals surface area contributed by atoms with Gasteiger partial charge in [0.2, 0.25) is 5.96 Å². The number of nitrogens with zero attached hydrogens (tertiary/aromatic N) is 2. The van der Waals surface area contributed by atoms with E-state index in [2.05, 4.69) is 4.99 Å². The lowest BCUT2D eigenvalue weighted by Crippen LogP contribution is -2.41. The summed E-state index contributed by atoms with van der Waals surface area (Å²) >= 11 is 0. The Morgan fingerprint density at radius 2 is 2.32 bits per heavy atom. The van der Waals surface area contributed by atoms with Gasteiger partial charge in [0, 0.05) is 12.6 Å². The quantitative estimate of drug-likeness (QED) is 0.899. The molecule has 2 atom stereocenters. The van der Waals surface area contributed by atoms with Crippen molar-refractivity contribution >= 4 is 23.0 Å². The second-order valence-electron chi connectivity index (χ2n) is 4.27. The van der Waals surface area contributed by atoms with Crippen molar-refractivity contribution in [1.29, 1.82) is 0 Å². The minimum absolute atomic E-state index is 0.172. The molecule has 1 aromatic rings. The number of nitrogens with two attached hydrogens (primary N) is 1. The van der Waals surface area contributed by atoms with Crippen molar-refractivity contribution in [2.45, 2.75) is 13.0 Å². The van der Waals surface area contributed by atoms with E-state index in [9.17, 15) is 8.60 Å². The van der Waals surface area contributed by atoms with Gasteiger partial charge in [-0.1, -0.05) is 18.2 Å². The number of rotatable bonds is 2. The molecule has 0 aromatic heterocycles. The van der Waals surface area contributed by atoms with Crippen LogP contribution < -0.4 is 5.73 Å². The number of hydrogen-bond donors (Lipinski definition) is 1. The van der Waals surface area contributed by atoms with Crippen molar-refractivity contribution < 1.29 is 8.60 Å². The van der Waals surface area contributed by atoms with Crippen LogP contribution >= 0.6 is 0 Å². The Balaban J connectivity index is 2.41. The molecule has 2 unspecified atom stereocenters. The maximum Gasteiger partial charge on any atom is 0.203 e. The molecule has 102 valence electrons. The maximum absolute atomic E-state index is 13.9. The molecule has 0 radical (unpaired) electrons. The van der Waals surface area contributed by atoms with Crippen LogP contribution in [0.15, 0.2) is 29.3 Å². The Kier molecular flexibility index (Phi) is 3.99. The topological polar surface area (TPSA) is 58.7 Å². The van der Waals surface area contributed by atoms with Gasteiger partial charge in [-0.05, 0) is 24.6 Å². The lowest BCUT2D eigenvalue weighted by molar-refractivity contribution is 0.577. The highest BCUT2D eigenvalue weighted by molar-refractivity contribution is 7.83. The minimum atomic E-state index is -1.27. The zero-order chi connectivity index (χ0) is 14.0. The van der Waals surface area contributed by atoms with Crippen molar-refractivity contribution in [3.8, 4) is 0 Å².